The van der Waals surface area contributed by atoms with Gasteiger partial charge >= 0.3 is 5.97 Å². The van der Waals surface area contributed by atoms with Crippen LogP contribution in [0.25, 0.3) is 10.4 Å². The van der Waals surface area contributed by atoms with Gasteiger partial charge in [-0.2, -0.15) is 5.10 Å². The fourth-order valence-electron chi connectivity index (χ4n) is 2.35. The Bertz CT molecular complexity index is 618. The lowest BCUT2D eigenvalue weighted by molar-refractivity contribution is 0.0690. The van der Waals surface area contributed by atoms with Gasteiger partial charge in [-0.1, -0.05) is 0 Å². The third-order valence-electron chi connectivity index (χ3n) is 3.11. The highest BCUT2D eigenvalue weighted by Gasteiger charge is 2.26. The molecule has 0 unspecified atom stereocenters. The molecule has 2 aromatic rings. The van der Waals surface area contributed by atoms with Crippen molar-refractivity contribution in [1.82, 2.24) is 9.78 Å². The highest BCUT2D eigenvalue weighted by molar-refractivity contribution is 9.11. The molecule has 18 heavy (non-hydrogen) atoms. The molecule has 0 spiro atoms. The second-order valence-corrected chi connectivity index (χ2v) is 6.72. The van der Waals surface area contributed by atoms with Crippen LogP contribution in [0.3, 0.4) is 0 Å². The molecule has 1 aliphatic heterocycles. The first-order chi connectivity index (χ1) is 8.66. The minimum atomic E-state index is -0.948. The molecule has 1 N–H and O–H groups in total. The summed E-state index contributed by atoms with van der Waals surface area (Å²) < 4.78 is 2.86. The Morgan fingerprint density at radius 1 is 1.44 bits per heavy atom. The van der Waals surface area contributed by atoms with Crippen LogP contribution in [0.15, 0.2) is 15.9 Å². The molecule has 0 amide bonds. The lowest BCUT2D eigenvalue weighted by Crippen LogP contribution is -2.11. The van der Waals surface area contributed by atoms with Gasteiger partial charge in [0.2, 0.25) is 0 Å². The molecule has 4 nitrogen and oxygen atoms in total. The first-order valence-corrected chi connectivity index (χ1v) is 7.36. The maximum absolute atomic E-state index is 11.3. The fraction of sp³-hybridized carbons (Fsp3) is 0.333. The maximum atomic E-state index is 11.3. The molecule has 0 bridgehead atoms. The monoisotopic (exact) mass is 326 g/mol. The van der Waals surface area contributed by atoms with E-state index >= 15 is 0 Å². The van der Waals surface area contributed by atoms with Gasteiger partial charge in [-0.05, 0) is 47.3 Å². The number of hydrogen-bond acceptors (Lipinski definition) is 3. The summed E-state index contributed by atoms with van der Waals surface area (Å²) in [5.41, 5.74) is 2.05. The zero-order valence-electron chi connectivity index (χ0n) is 9.52. The molecule has 0 atom stereocenters. The smallest absolute Gasteiger partial charge is 0.357 e. The number of aromatic carboxylic acids is 1. The first-order valence-electron chi connectivity index (χ1n) is 5.75. The SMILES string of the molecule is O=C(O)c1nn2c(c1-c1ccc(Br)s1)CCCC2. The number of nitrogens with zero attached hydrogens (tertiary/aromatic N) is 2. The van der Waals surface area contributed by atoms with Crippen molar-refractivity contribution in [2.45, 2.75) is 25.8 Å². The topological polar surface area (TPSA) is 55.1 Å². The standard InChI is InChI=1S/C12H11BrN2O2S/c13-9-5-4-8(18-9)10-7-3-1-2-6-15(7)14-11(10)12(16)17/h4-5H,1-3,6H2,(H,16,17). The van der Waals surface area contributed by atoms with E-state index in [9.17, 15) is 9.90 Å². The van der Waals surface area contributed by atoms with Crippen molar-refractivity contribution in [1.29, 1.82) is 0 Å². The van der Waals surface area contributed by atoms with Crippen LogP contribution in [0.1, 0.15) is 29.0 Å². The number of carboxylic acids is 1. The number of carboxylic acid groups (broad SMARTS) is 1. The Balaban J connectivity index is 2.22. The molecule has 0 fully saturated rings. The molecule has 94 valence electrons. The van der Waals surface area contributed by atoms with Gasteiger partial charge < -0.3 is 5.11 Å². The number of aryl methyl sites for hydroxylation is 1. The van der Waals surface area contributed by atoms with E-state index in [1.807, 2.05) is 16.8 Å². The molecule has 3 heterocycles. The number of thiophene rings is 1. The average Bonchev–Trinajstić information content (AvgIpc) is 2.92. The van der Waals surface area contributed by atoms with Gasteiger partial charge in [0.15, 0.2) is 5.69 Å². The summed E-state index contributed by atoms with van der Waals surface area (Å²) >= 11 is 4.97. The van der Waals surface area contributed by atoms with Crippen LogP contribution in [0.2, 0.25) is 0 Å². The second kappa shape index (κ2) is 4.51. The van der Waals surface area contributed by atoms with Crippen molar-refractivity contribution < 1.29 is 9.90 Å². The molecule has 2 aromatic heterocycles. The van der Waals surface area contributed by atoms with E-state index in [-0.39, 0.29) is 5.69 Å². The largest absolute Gasteiger partial charge is 0.476 e. The van der Waals surface area contributed by atoms with E-state index in [4.69, 9.17) is 0 Å². The summed E-state index contributed by atoms with van der Waals surface area (Å²) in [5, 5.41) is 13.5. The Morgan fingerprint density at radius 2 is 2.28 bits per heavy atom. The predicted molar refractivity (Wildman–Crippen MR) is 73.1 cm³/mol. The zero-order chi connectivity index (χ0) is 12.7. The van der Waals surface area contributed by atoms with Crippen LogP contribution in [0.5, 0.6) is 0 Å². The Labute approximate surface area is 116 Å². The van der Waals surface area contributed by atoms with E-state index < -0.39 is 5.97 Å². The third kappa shape index (κ3) is 1.89. The summed E-state index contributed by atoms with van der Waals surface area (Å²) in [4.78, 5) is 12.3. The van der Waals surface area contributed by atoms with Crippen LogP contribution >= 0.6 is 27.3 Å². The minimum Gasteiger partial charge on any atom is -0.476 e. The lowest BCUT2D eigenvalue weighted by atomic mass is 10.0. The molecule has 0 saturated heterocycles. The van der Waals surface area contributed by atoms with E-state index in [1.165, 1.54) is 0 Å². The molecule has 0 radical (unpaired) electrons. The van der Waals surface area contributed by atoms with Crippen molar-refractivity contribution in [2.24, 2.45) is 0 Å². The number of fused-ring (bicyclic) bond motifs is 1. The first kappa shape index (κ1) is 11.9. The van der Waals surface area contributed by atoms with Gasteiger partial charge in [-0.15, -0.1) is 11.3 Å². The van der Waals surface area contributed by atoms with E-state index in [0.29, 0.717) is 0 Å². The van der Waals surface area contributed by atoms with E-state index in [0.717, 1.165) is 45.7 Å². The van der Waals surface area contributed by atoms with Gasteiger partial charge in [0, 0.05) is 22.7 Å². The van der Waals surface area contributed by atoms with Gasteiger partial charge in [-0.25, -0.2) is 4.79 Å². The number of carbonyl (C=O) groups is 1. The van der Waals surface area contributed by atoms with Crippen molar-refractivity contribution in [3.63, 3.8) is 0 Å². The summed E-state index contributed by atoms with van der Waals surface area (Å²) in [6.07, 6.45) is 3.08. The average molecular weight is 327 g/mol. The van der Waals surface area contributed by atoms with Crippen molar-refractivity contribution in [3.8, 4) is 10.4 Å². The lowest BCUT2D eigenvalue weighted by Gasteiger charge is -2.13. The highest BCUT2D eigenvalue weighted by atomic mass is 79.9. The minimum absolute atomic E-state index is 0.182. The number of halogens is 1. The molecular weight excluding hydrogens is 316 g/mol. The zero-order valence-corrected chi connectivity index (χ0v) is 11.9. The Hall–Kier alpha value is -1.14. The van der Waals surface area contributed by atoms with Gasteiger partial charge in [0.1, 0.15) is 0 Å². The quantitative estimate of drug-likeness (QED) is 0.920. The fourth-order valence-corrected chi connectivity index (χ4v) is 3.80. The van der Waals surface area contributed by atoms with Crippen molar-refractivity contribution in [2.75, 3.05) is 0 Å². The van der Waals surface area contributed by atoms with E-state index in [2.05, 4.69) is 21.0 Å². The summed E-state index contributed by atoms with van der Waals surface area (Å²) in [6.45, 7) is 0.822. The van der Waals surface area contributed by atoms with Gasteiger partial charge in [0.05, 0.1) is 3.79 Å². The molecule has 6 heteroatoms. The van der Waals surface area contributed by atoms with E-state index in [1.54, 1.807) is 11.3 Å². The molecule has 0 aliphatic carbocycles. The Morgan fingerprint density at radius 3 is 2.94 bits per heavy atom. The number of hydrogen-bond donors (Lipinski definition) is 1. The van der Waals surface area contributed by atoms with Crippen molar-refractivity contribution >= 4 is 33.2 Å². The van der Waals surface area contributed by atoms with Crippen LogP contribution < -0.4 is 0 Å². The van der Waals surface area contributed by atoms with Gasteiger partial charge in [-0.3, -0.25) is 4.68 Å². The van der Waals surface area contributed by atoms with Crippen LogP contribution in [-0.2, 0) is 13.0 Å². The van der Waals surface area contributed by atoms with Crippen LogP contribution in [0.4, 0.5) is 0 Å². The van der Waals surface area contributed by atoms with Crippen LogP contribution in [-0.4, -0.2) is 20.9 Å². The molecule has 1 aliphatic rings. The second-order valence-electron chi connectivity index (χ2n) is 4.26. The summed E-state index contributed by atoms with van der Waals surface area (Å²) in [6, 6.07) is 3.90. The van der Waals surface area contributed by atoms with Gasteiger partial charge in [0.25, 0.3) is 0 Å². The maximum Gasteiger partial charge on any atom is 0.357 e. The van der Waals surface area contributed by atoms with Crippen molar-refractivity contribution in [3.05, 3.63) is 27.3 Å². The predicted octanol–water partition coefficient (Wildman–Crippen LogP) is 3.41. The number of aromatic nitrogens is 2. The third-order valence-corrected chi connectivity index (χ3v) is 4.75. The summed E-state index contributed by atoms with van der Waals surface area (Å²) in [7, 11) is 0. The normalized spacial score (nSPS) is 14.5. The van der Waals surface area contributed by atoms with Crippen LogP contribution in [0, 0.1) is 0 Å². The highest BCUT2D eigenvalue weighted by Crippen LogP contribution is 2.37. The molecule has 0 aromatic carbocycles. The molecular formula is C12H11BrN2O2S. The Kier molecular flexibility index (Phi) is 2.99. The number of rotatable bonds is 2. The molecule has 3 rings (SSSR count). The summed E-state index contributed by atoms with van der Waals surface area (Å²) in [5.74, 6) is -0.948. The molecule has 0 saturated carbocycles.